The molecule has 0 aliphatic heterocycles. The van der Waals surface area contributed by atoms with Crippen molar-refractivity contribution in [3.8, 4) is 11.5 Å². The summed E-state index contributed by atoms with van der Waals surface area (Å²) in [6, 6.07) is 9.84. The molecule has 1 heterocycles. The van der Waals surface area contributed by atoms with E-state index in [-0.39, 0.29) is 33.6 Å². The van der Waals surface area contributed by atoms with E-state index in [4.69, 9.17) is 27.9 Å². The van der Waals surface area contributed by atoms with E-state index >= 15 is 0 Å². The van der Waals surface area contributed by atoms with Crippen molar-refractivity contribution < 1.29 is 27.5 Å². The molecular formula is C21H15Cl2F3N4O3. The smallest absolute Gasteiger partial charge is 0.417 e. The van der Waals surface area contributed by atoms with E-state index in [1.54, 1.807) is 18.2 Å². The predicted octanol–water partition coefficient (Wildman–Crippen LogP) is 6.20. The zero-order chi connectivity index (χ0) is 24.2. The second kappa shape index (κ2) is 9.97. The number of pyridine rings is 1. The molecule has 0 saturated carbocycles. The minimum Gasteiger partial charge on any atom is -0.456 e. The summed E-state index contributed by atoms with van der Waals surface area (Å²) in [5, 5.41) is 6.73. The van der Waals surface area contributed by atoms with E-state index in [1.807, 2.05) is 0 Å². The summed E-state index contributed by atoms with van der Waals surface area (Å²) in [5.74, 6) is -0.0595. The van der Waals surface area contributed by atoms with Gasteiger partial charge in [-0.1, -0.05) is 29.3 Å². The molecule has 0 radical (unpaired) electrons. The number of ether oxygens (including phenoxy) is 1. The maximum absolute atomic E-state index is 13.0. The number of hydrogen-bond donors (Lipinski definition) is 3. The van der Waals surface area contributed by atoms with Gasteiger partial charge in [-0.05, 0) is 30.3 Å². The molecule has 0 saturated heterocycles. The number of amides is 3. The summed E-state index contributed by atoms with van der Waals surface area (Å²) in [6.45, 7) is 0. The van der Waals surface area contributed by atoms with Crippen molar-refractivity contribution in [2.45, 2.75) is 6.18 Å². The molecule has 0 atom stereocenters. The predicted molar refractivity (Wildman–Crippen MR) is 118 cm³/mol. The van der Waals surface area contributed by atoms with E-state index in [0.29, 0.717) is 0 Å². The number of urea groups is 1. The molecule has 3 amide bonds. The van der Waals surface area contributed by atoms with Crippen LogP contribution in [0.15, 0.2) is 54.7 Å². The third-order valence-corrected chi connectivity index (χ3v) is 4.84. The van der Waals surface area contributed by atoms with Gasteiger partial charge in [0.15, 0.2) is 0 Å². The van der Waals surface area contributed by atoms with E-state index < -0.39 is 28.7 Å². The lowest BCUT2D eigenvalue weighted by atomic mass is 10.2. The Balaban J connectivity index is 1.72. The summed E-state index contributed by atoms with van der Waals surface area (Å²) in [5.41, 5.74) is -0.900. The molecular weight excluding hydrogens is 484 g/mol. The SMILES string of the molecule is CNC(=O)c1nccc(Oc2cccc(NC(=O)Nc3ccc(Cl)c(C(F)(F)F)c3)c2)c1Cl. The highest BCUT2D eigenvalue weighted by atomic mass is 35.5. The van der Waals surface area contributed by atoms with Crippen molar-refractivity contribution in [3.05, 3.63) is 76.0 Å². The second-order valence-electron chi connectivity index (χ2n) is 6.45. The van der Waals surface area contributed by atoms with Crippen LogP contribution in [-0.4, -0.2) is 24.0 Å². The maximum Gasteiger partial charge on any atom is 0.417 e. The molecule has 7 nitrogen and oxygen atoms in total. The molecule has 12 heteroatoms. The summed E-state index contributed by atoms with van der Waals surface area (Å²) in [6.07, 6.45) is -3.31. The number of alkyl halides is 3. The monoisotopic (exact) mass is 498 g/mol. The normalized spacial score (nSPS) is 11.0. The molecule has 0 fully saturated rings. The van der Waals surface area contributed by atoms with Crippen molar-refractivity contribution in [2.75, 3.05) is 17.7 Å². The molecule has 0 aliphatic carbocycles. The Morgan fingerprint density at radius 3 is 2.36 bits per heavy atom. The number of carbonyl (C=O) groups excluding carboxylic acids is 2. The van der Waals surface area contributed by atoms with Crippen molar-refractivity contribution in [1.29, 1.82) is 0 Å². The Kier molecular flexibility index (Phi) is 7.29. The molecule has 2 aromatic carbocycles. The minimum absolute atomic E-state index is 0.00355. The minimum atomic E-state index is -4.66. The van der Waals surface area contributed by atoms with Crippen molar-refractivity contribution in [3.63, 3.8) is 0 Å². The van der Waals surface area contributed by atoms with Crippen LogP contribution in [0.4, 0.5) is 29.3 Å². The highest BCUT2D eigenvalue weighted by Gasteiger charge is 2.33. The lowest BCUT2D eigenvalue weighted by molar-refractivity contribution is -0.137. The fourth-order valence-corrected chi connectivity index (χ4v) is 3.12. The molecule has 3 aromatic rings. The quantitative estimate of drug-likeness (QED) is 0.390. The molecule has 0 bridgehead atoms. The molecule has 172 valence electrons. The number of rotatable bonds is 5. The fourth-order valence-electron chi connectivity index (χ4n) is 2.66. The van der Waals surface area contributed by atoms with Crippen LogP contribution in [0.1, 0.15) is 16.1 Å². The van der Waals surface area contributed by atoms with Gasteiger partial charge in [-0.2, -0.15) is 13.2 Å². The Morgan fingerprint density at radius 2 is 1.70 bits per heavy atom. The van der Waals surface area contributed by atoms with E-state index in [2.05, 4.69) is 20.9 Å². The maximum atomic E-state index is 13.0. The third kappa shape index (κ3) is 6.05. The van der Waals surface area contributed by atoms with Gasteiger partial charge < -0.3 is 20.7 Å². The average molecular weight is 499 g/mol. The van der Waals surface area contributed by atoms with Crippen LogP contribution in [0, 0.1) is 0 Å². The van der Waals surface area contributed by atoms with E-state index in [1.165, 1.54) is 31.4 Å². The summed E-state index contributed by atoms with van der Waals surface area (Å²) >= 11 is 11.8. The lowest BCUT2D eigenvalue weighted by Crippen LogP contribution is -2.20. The van der Waals surface area contributed by atoms with Crippen LogP contribution in [0.3, 0.4) is 0 Å². The number of anilines is 2. The molecule has 3 rings (SSSR count). The largest absolute Gasteiger partial charge is 0.456 e. The topological polar surface area (TPSA) is 92.3 Å². The van der Waals surface area contributed by atoms with Gasteiger partial charge in [-0.25, -0.2) is 9.78 Å². The van der Waals surface area contributed by atoms with E-state index in [9.17, 15) is 22.8 Å². The van der Waals surface area contributed by atoms with Gasteiger partial charge in [-0.3, -0.25) is 4.79 Å². The first-order valence-electron chi connectivity index (χ1n) is 9.17. The Bertz CT molecular complexity index is 1210. The van der Waals surface area contributed by atoms with Crippen LogP contribution < -0.4 is 20.7 Å². The lowest BCUT2D eigenvalue weighted by Gasteiger charge is -2.13. The Morgan fingerprint density at radius 1 is 1.00 bits per heavy atom. The average Bonchev–Trinajstić information content (AvgIpc) is 2.75. The van der Waals surface area contributed by atoms with Gasteiger partial charge in [-0.15, -0.1) is 0 Å². The van der Waals surface area contributed by atoms with Gasteiger partial charge in [0.1, 0.15) is 22.2 Å². The van der Waals surface area contributed by atoms with Crippen LogP contribution in [-0.2, 0) is 6.18 Å². The zero-order valence-corrected chi connectivity index (χ0v) is 18.3. The second-order valence-corrected chi connectivity index (χ2v) is 7.24. The summed E-state index contributed by atoms with van der Waals surface area (Å²) in [4.78, 5) is 28.0. The Hall–Kier alpha value is -3.50. The first-order valence-corrected chi connectivity index (χ1v) is 9.93. The highest BCUT2D eigenvalue weighted by molar-refractivity contribution is 6.35. The van der Waals surface area contributed by atoms with Crippen LogP contribution in [0.5, 0.6) is 11.5 Å². The number of benzene rings is 2. The van der Waals surface area contributed by atoms with E-state index in [0.717, 1.165) is 12.1 Å². The van der Waals surface area contributed by atoms with Gasteiger partial charge in [0, 0.05) is 36.8 Å². The Labute approximate surface area is 195 Å². The van der Waals surface area contributed by atoms with Gasteiger partial charge in [0.2, 0.25) is 0 Å². The first kappa shape index (κ1) is 24.1. The number of halogens is 5. The number of carbonyl (C=O) groups is 2. The number of nitrogens with zero attached hydrogens (tertiary/aromatic N) is 1. The number of aromatic nitrogens is 1. The third-order valence-electron chi connectivity index (χ3n) is 4.15. The first-order chi connectivity index (χ1) is 15.6. The van der Waals surface area contributed by atoms with Crippen LogP contribution >= 0.6 is 23.2 Å². The number of nitrogens with one attached hydrogen (secondary N) is 3. The van der Waals surface area contributed by atoms with Gasteiger partial charge >= 0.3 is 12.2 Å². The molecule has 0 unspecified atom stereocenters. The molecule has 33 heavy (non-hydrogen) atoms. The summed E-state index contributed by atoms with van der Waals surface area (Å²) < 4.78 is 44.7. The van der Waals surface area contributed by atoms with Crippen LogP contribution in [0.25, 0.3) is 0 Å². The molecule has 3 N–H and O–H groups in total. The standard InChI is InChI=1S/C21H15Cl2F3N4O3/c1-27-19(31)18-17(23)16(7-8-28-18)33-13-4-2-3-11(9-13)29-20(32)30-12-5-6-15(22)14(10-12)21(24,25)26/h2-10H,1H3,(H,27,31)(H2,29,30,32). The van der Waals surface area contributed by atoms with Gasteiger partial charge in [0.25, 0.3) is 5.91 Å². The molecule has 0 spiro atoms. The van der Waals surface area contributed by atoms with Crippen LogP contribution in [0.2, 0.25) is 10.0 Å². The van der Waals surface area contributed by atoms with Crippen molar-refractivity contribution >= 4 is 46.5 Å². The van der Waals surface area contributed by atoms with Gasteiger partial charge in [0.05, 0.1) is 10.6 Å². The molecule has 0 aliphatic rings. The zero-order valence-electron chi connectivity index (χ0n) is 16.8. The van der Waals surface area contributed by atoms with Crippen molar-refractivity contribution in [2.24, 2.45) is 0 Å². The molecule has 1 aromatic heterocycles. The highest BCUT2D eigenvalue weighted by Crippen LogP contribution is 2.36. The number of hydrogen-bond acceptors (Lipinski definition) is 4. The van der Waals surface area contributed by atoms with Crippen molar-refractivity contribution in [1.82, 2.24) is 10.3 Å². The fraction of sp³-hybridized carbons (Fsp3) is 0.0952. The summed E-state index contributed by atoms with van der Waals surface area (Å²) in [7, 11) is 1.43.